The largest absolute Gasteiger partial charge is 0.350 e. The van der Waals surface area contributed by atoms with Gasteiger partial charge in [-0.15, -0.1) is 0 Å². The third-order valence-corrected chi connectivity index (χ3v) is 4.21. The summed E-state index contributed by atoms with van der Waals surface area (Å²) in [7, 11) is 0. The molecule has 0 heterocycles. The molecular formula is C13H17BrN2O. The van der Waals surface area contributed by atoms with Gasteiger partial charge in [-0.1, -0.05) is 12.1 Å². The molecule has 17 heavy (non-hydrogen) atoms. The van der Waals surface area contributed by atoms with E-state index in [2.05, 4.69) is 21.2 Å². The molecule has 2 rings (SSSR count). The maximum absolute atomic E-state index is 12.0. The van der Waals surface area contributed by atoms with Crippen molar-refractivity contribution in [1.29, 1.82) is 0 Å². The fraction of sp³-hybridized carbons (Fsp3) is 0.462. The van der Waals surface area contributed by atoms with Crippen LogP contribution in [0.4, 0.5) is 0 Å². The van der Waals surface area contributed by atoms with Gasteiger partial charge in [0.05, 0.1) is 5.56 Å². The summed E-state index contributed by atoms with van der Waals surface area (Å²) in [6.07, 6.45) is 2.40. The Labute approximate surface area is 110 Å². The lowest BCUT2D eigenvalue weighted by atomic mass is 10.1. The van der Waals surface area contributed by atoms with Crippen molar-refractivity contribution in [1.82, 2.24) is 5.32 Å². The number of benzene rings is 1. The molecule has 4 heteroatoms. The van der Waals surface area contributed by atoms with Gasteiger partial charge in [0.2, 0.25) is 0 Å². The summed E-state index contributed by atoms with van der Waals surface area (Å²) in [6, 6.07) is 5.77. The molecule has 1 aliphatic rings. The number of halogens is 1. The number of hydrogen-bond acceptors (Lipinski definition) is 2. The predicted octanol–water partition coefficient (Wildman–Crippen LogP) is 2.22. The molecule has 0 spiro atoms. The summed E-state index contributed by atoms with van der Waals surface area (Å²) in [5.74, 6) is 0.549. The van der Waals surface area contributed by atoms with E-state index in [0.29, 0.717) is 18.0 Å². The van der Waals surface area contributed by atoms with E-state index < -0.39 is 0 Å². The number of hydrogen-bond donors (Lipinski definition) is 2. The van der Waals surface area contributed by atoms with Gasteiger partial charge in [0, 0.05) is 17.1 Å². The van der Waals surface area contributed by atoms with E-state index in [1.165, 1.54) is 12.8 Å². The van der Waals surface area contributed by atoms with Crippen molar-refractivity contribution in [3.05, 3.63) is 33.8 Å². The van der Waals surface area contributed by atoms with E-state index in [0.717, 1.165) is 10.0 Å². The number of carbonyl (C=O) groups excluding carboxylic acids is 1. The summed E-state index contributed by atoms with van der Waals surface area (Å²) in [6.45, 7) is 2.53. The van der Waals surface area contributed by atoms with Gasteiger partial charge in [-0.2, -0.15) is 0 Å². The van der Waals surface area contributed by atoms with Gasteiger partial charge in [0.1, 0.15) is 0 Å². The summed E-state index contributed by atoms with van der Waals surface area (Å²) in [5.41, 5.74) is 7.68. The van der Waals surface area contributed by atoms with Crippen LogP contribution in [0.25, 0.3) is 0 Å². The lowest BCUT2D eigenvalue weighted by Crippen LogP contribution is -2.38. The number of aryl methyl sites for hydroxylation is 1. The normalized spacial score (nSPS) is 16.6. The number of amides is 1. The first-order chi connectivity index (χ1) is 8.09. The highest BCUT2D eigenvalue weighted by molar-refractivity contribution is 9.10. The van der Waals surface area contributed by atoms with Crippen molar-refractivity contribution in [2.75, 3.05) is 6.54 Å². The molecule has 0 radical (unpaired) electrons. The Hall–Kier alpha value is -0.870. The maximum atomic E-state index is 12.0. The maximum Gasteiger partial charge on any atom is 0.252 e. The van der Waals surface area contributed by atoms with Crippen LogP contribution in [0.2, 0.25) is 0 Å². The van der Waals surface area contributed by atoms with Gasteiger partial charge >= 0.3 is 0 Å². The van der Waals surface area contributed by atoms with E-state index in [1.807, 2.05) is 25.1 Å². The molecule has 0 aromatic heterocycles. The number of carbonyl (C=O) groups is 1. The van der Waals surface area contributed by atoms with Crippen LogP contribution in [-0.4, -0.2) is 18.5 Å². The SMILES string of the molecule is Cc1cccc(C(=O)NCC(N)C2CC2)c1Br. The zero-order valence-electron chi connectivity index (χ0n) is 9.87. The molecule has 3 N–H and O–H groups in total. The molecular weight excluding hydrogens is 280 g/mol. The zero-order chi connectivity index (χ0) is 12.4. The Morgan fingerprint density at radius 1 is 1.59 bits per heavy atom. The molecule has 1 saturated carbocycles. The van der Waals surface area contributed by atoms with Gasteiger partial charge in [-0.3, -0.25) is 4.79 Å². The Kier molecular flexibility index (Phi) is 3.84. The minimum atomic E-state index is -0.0586. The smallest absolute Gasteiger partial charge is 0.252 e. The molecule has 0 saturated heterocycles. The molecule has 1 aromatic rings. The molecule has 1 atom stereocenters. The van der Waals surface area contributed by atoms with Crippen LogP contribution in [0.1, 0.15) is 28.8 Å². The van der Waals surface area contributed by atoms with E-state index in [-0.39, 0.29) is 11.9 Å². The van der Waals surface area contributed by atoms with Crippen molar-refractivity contribution in [2.45, 2.75) is 25.8 Å². The summed E-state index contributed by atoms with van der Waals surface area (Å²) >= 11 is 3.44. The van der Waals surface area contributed by atoms with Crippen LogP contribution in [-0.2, 0) is 0 Å². The fourth-order valence-electron chi connectivity index (χ4n) is 1.82. The second-order valence-electron chi connectivity index (χ2n) is 4.65. The highest BCUT2D eigenvalue weighted by atomic mass is 79.9. The first-order valence-electron chi connectivity index (χ1n) is 5.88. The highest BCUT2D eigenvalue weighted by Gasteiger charge is 2.28. The Morgan fingerprint density at radius 3 is 2.94 bits per heavy atom. The number of rotatable bonds is 4. The van der Waals surface area contributed by atoms with Crippen molar-refractivity contribution in [2.24, 2.45) is 11.7 Å². The zero-order valence-corrected chi connectivity index (χ0v) is 11.5. The van der Waals surface area contributed by atoms with Crippen molar-refractivity contribution < 1.29 is 4.79 Å². The van der Waals surface area contributed by atoms with E-state index >= 15 is 0 Å². The lowest BCUT2D eigenvalue weighted by molar-refractivity contribution is 0.0949. The third-order valence-electron chi connectivity index (χ3n) is 3.16. The molecule has 0 aliphatic heterocycles. The minimum absolute atomic E-state index is 0.0586. The molecule has 1 aromatic carbocycles. The van der Waals surface area contributed by atoms with Crippen LogP contribution in [0.15, 0.2) is 22.7 Å². The number of nitrogens with one attached hydrogen (secondary N) is 1. The molecule has 0 bridgehead atoms. The molecule has 1 amide bonds. The molecule has 92 valence electrons. The Bertz CT molecular complexity index is 429. The summed E-state index contributed by atoms with van der Waals surface area (Å²) in [4.78, 5) is 12.0. The molecule has 3 nitrogen and oxygen atoms in total. The van der Waals surface area contributed by atoms with Gasteiger partial charge < -0.3 is 11.1 Å². The lowest BCUT2D eigenvalue weighted by Gasteiger charge is -2.12. The van der Waals surface area contributed by atoms with Crippen LogP contribution in [0.5, 0.6) is 0 Å². The van der Waals surface area contributed by atoms with E-state index in [4.69, 9.17) is 5.73 Å². The monoisotopic (exact) mass is 296 g/mol. The number of nitrogens with two attached hydrogens (primary N) is 1. The standard InChI is InChI=1S/C13H17BrN2O/c1-8-3-2-4-10(12(8)14)13(17)16-7-11(15)9-5-6-9/h2-4,9,11H,5-7,15H2,1H3,(H,16,17). The minimum Gasteiger partial charge on any atom is -0.350 e. The van der Waals surface area contributed by atoms with E-state index in [9.17, 15) is 4.79 Å². The Balaban J connectivity index is 1.96. The fourth-order valence-corrected chi connectivity index (χ4v) is 2.26. The predicted molar refractivity (Wildman–Crippen MR) is 71.9 cm³/mol. The van der Waals surface area contributed by atoms with Crippen LogP contribution < -0.4 is 11.1 Å². The first-order valence-corrected chi connectivity index (χ1v) is 6.68. The average molecular weight is 297 g/mol. The third kappa shape index (κ3) is 3.07. The van der Waals surface area contributed by atoms with Crippen LogP contribution >= 0.6 is 15.9 Å². The highest BCUT2D eigenvalue weighted by Crippen LogP contribution is 2.31. The molecule has 1 fully saturated rings. The van der Waals surface area contributed by atoms with Gasteiger partial charge in [0.25, 0.3) is 5.91 Å². The quantitative estimate of drug-likeness (QED) is 0.895. The van der Waals surface area contributed by atoms with Crippen molar-refractivity contribution in [3.63, 3.8) is 0 Å². The topological polar surface area (TPSA) is 55.1 Å². The molecule has 1 unspecified atom stereocenters. The Morgan fingerprint density at radius 2 is 2.29 bits per heavy atom. The van der Waals surface area contributed by atoms with Crippen LogP contribution in [0.3, 0.4) is 0 Å². The van der Waals surface area contributed by atoms with Crippen molar-refractivity contribution in [3.8, 4) is 0 Å². The van der Waals surface area contributed by atoms with E-state index in [1.54, 1.807) is 0 Å². The second-order valence-corrected chi connectivity index (χ2v) is 5.44. The average Bonchev–Trinajstić information content (AvgIpc) is 3.13. The molecule has 1 aliphatic carbocycles. The first kappa shape index (κ1) is 12.6. The van der Waals surface area contributed by atoms with Crippen LogP contribution in [0, 0.1) is 12.8 Å². The summed E-state index contributed by atoms with van der Waals surface area (Å²) < 4.78 is 0.859. The van der Waals surface area contributed by atoms with Gasteiger partial charge in [0.15, 0.2) is 0 Å². The summed E-state index contributed by atoms with van der Waals surface area (Å²) in [5, 5.41) is 2.89. The van der Waals surface area contributed by atoms with Gasteiger partial charge in [-0.05, 0) is 53.2 Å². The second kappa shape index (κ2) is 5.19. The van der Waals surface area contributed by atoms with Crippen molar-refractivity contribution >= 4 is 21.8 Å². The van der Waals surface area contributed by atoms with Gasteiger partial charge in [-0.25, -0.2) is 0 Å².